The van der Waals surface area contributed by atoms with Gasteiger partial charge in [-0.25, -0.2) is 0 Å². The molecule has 3 rings (SSSR count). The van der Waals surface area contributed by atoms with E-state index in [9.17, 15) is 13.5 Å². The molecule has 3 aromatic rings. The maximum atomic E-state index is 11.1. The van der Waals surface area contributed by atoms with Crippen molar-refractivity contribution in [2.45, 2.75) is 4.90 Å². The van der Waals surface area contributed by atoms with Gasteiger partial charge in [-0.1, -0.05) is 36.4 Å². The fraction of sp³-hybridized carbons (Fsp3) is 0. The molecule has 0 saturated carbocycles. The van der Waals surface area contributed by atoms with Gasteiger partial charge in [-0.15, -0.1) is 5.11 Å². The van der Waals surface area contributed by atoms with Crippen molar-refractivity contribution in [1.82, 2.24) is 0 Å². The van der Waals surface area contributed by atoms with E-state index in [1.165, 1.54) is 24.3 Å². The molecule has 0 aliphatic heterocycles. The van der Waals surface area contributed by atoms with Crippen LogP contribution in [0.2, 0.25) is 0 Å². The Labute approximate surface area is 160 Å². The molecule has 0 unspecified atom stereocenters. The first-order chi connectivity index (χ1) is 10.9. The second-order valence-electron chi connectivity index (χ2n) is 4.83. The summed E-state index contributed by atoms with van der Waals surface area (Å²) in [6, 6.07) is 16.1. The Bertz CT molecular complexity index is 1020. The largest absolute Gasteiger partial charge is 0.505 e. The molecular formula is C16H12N2NaO4S. The van der Waals surface area contributed by atoms with Gasteiger partial charge in [0, 0.05) is 34.9 Å². The van der Waals surface area contributed by atoms with Crippen molar-refractivity contribution < 1.29 is 18.1 Å². The number of benzene rings is 3. The summed E-state index contributed by atoms with van der Waals surface area (Å²) in [6.07, 6.45) is 0. The minimum Gasteiger partial charge on any atom is -0.505 e. The molecule has 6 nitrogen and oxygen atoms in total. The average Bonchev–Trinajstić information content (AvgIpc) is 2.54. The predicted molar refractivity (Wildman–Crippen MR) is 91.8 cm³/mol. The Kier molecular flexibility index (Phi) is 5.74. The third-order valence-electron chi connectivity index (χ3n) is 3.27. The minimum absolute atomic E-state index is 0. The van der Waals surface area contributed by atoms with E-state index < -0.39 is 10.1 Å². The van der Waals surface area contributed by atoms with Crippen molar-refractivity contribution in [2.75, 3.05) is 0 Å². The van der Waals surface area contributed by atoms with E-state index in [2.05, 4.69) is 10.2 Å². The topological polar surface area (TPSA) is 99.3 Å². The van der Waals surface area contributed by atoms with E-state index >= 15 is 0 Å². The molecule has 1 radical (unpaired) electrons. The minimum atomic E-state index is -4.30. The molecule has 2 N–H and O–H groups in total. The van der Waals surface area contributed by atoms with Gasteiger partial charge in [0.1, 0.15) is 5.69 Å². The molecule has 0 aliphatic carbocycles. The van der Waals surface area contributed by atoms with Gasteiger partial charge >= 0.3 is 0 Å². The van der Waals surface area contributed by atoms with E-state index in [0.717, 1.165) is 5.39 Å². The summed E-state index contributed by atoms with van der Waals surface area (Å²) in [5.74, 6) is -0.00205. The number of aromatic hydroxyl groups is 1. The molecule has 0 fully saturated rings. The van der Waals surface area contributed by atoms with Crippen LogP contribution in [0.15, 0.2) is 75.8 Å². The standard InChI is InChI=1S/C16H12N2O4S.Na/c19-16-14-7-2-1-4-11(14)8-9-15(16)18-17-12-5-3-6-13(10-12)23(20,21)22;/h1-10,19H,(H,20,21,22);. The first-order valence-corrected chi connectivity index (χ1v) is 8.09. The van der Waals surface area contributed by atoms with Crippen LogP contribution in [-0.4, -0.2) is 47.6 Å². The molecule has 0 aromatic heterocycles. The number of hydrogen-bond donors (Lipinski definition) is 2. The number of rotatable bonds is 3. The van der Waals surface area contributed by atoms with Crippen LogP contribution in [0.5, 0.6) is 5.75 Å². The van der Waals surface area contributed by atoms with Crippen molar-refractivity contribution in [3.8, 4) is 5.75 Å². The Hall–Kier alpha value is -1.77. The summed E-state index contributed by atoms with van der Waals surface area (Å²) in [5.41, 5.74) is 0.508. The third kappa shape index (κ3) is 4.00. The smallest absolute Gasteiger partial charge is 0.294 e. The second-order valence-corrected chi connectivity index (χ2v) is 6.25. The van der Waals surface area contributed by atoms with E-state index in [-0.39, 0.29) is 51.6 Å². The summed E-state index contributed by atoms with van der Waals surface area (Å²) in [5, 5.41) is 19.6. The first-order valence-electron chi connectivity index (χ1n) is 6.65. The molecule has 0 spiro atoms. The van der Waals surface area contributed by atoms with Gasteiger partial charge in [-0.2, -0.15) is 13.5 Å². The van der Waals surface area contributed by atoms with Gasteiger partial charge in [0.15, 0.2) is 5.75 Å². The number of phenolic OH excluding ortho intramolecular Hbond substituents is 1. The fourth-order valence-corrected chi connectivity index (χ4v) is 2.66. The fourth-order valence-electron chi connectivity index (χ4n) is 2.14. The van der Waals surface area contributed by atoms with Crippen LogP contribution in [0.25, 0.3) is 10.8 Å². The van der Waals surface area contributed by atoms with Gasteiger partial charge in [0.05, 0.1) is 10.6 Å². The van der Waals surface area contributed by atoms with Gasteiger partial charge in [-0.3, -0.25) is 4.55 Å². The zero-order chi connectivity index (χ0) is 16.4. The molecule has 8 heteroatoms. The number of fused-ring (bicyclic) bond motifs is 1. The van der Waals surface area contributed by atoms with Crippen LogP contribution in [0.3, 0.4) is 0 Å². The molecule has 0 saturated heterocycles. The summed E-state index contributed by atoms with van der Waals surface area (Å²) in [4.78, 5) is -0.267. The zero-order valence-electron chi connectivity index (χ0n) is 12.8. The Morgan fingerprint density at radius 1 is 0.875 bits per heavy atom. The molecule has 0 atom stereocenters. The van der Waals surface area contributed by atoms with Crippen LogP contribution < -0.4 is 0 Å². The normalized spacial score (nSPS) is 11.5. The summed E-state index contributed by atoms with van der Waals surface area (Å²) in [7, 11) is -4.30. The predicted octanol–water partition coefficient (Wildman–Crippen LogP) is 3.83. The quantitative estimate of drug-likeness (QED) is 0.425. The molecule has 0 aliphatic rings. The van der Waals surface area contributed by atoms with Crippen LogP contribution >= 0.6 is 0 Å². The van der Waals surface area contributed by atoms with Crippen molar-refractivity contribution in [3.63, 3.8) is 0 Å². The molecule has 0 heterocycles. The zero-order valence-corrected chi connectivity index (χ0v) is 15.6. The third-order valence-corrected chi connectivity index (χ3v) is 4.12. The number of azo groups is 1. The molecule has 3 aromatic carbocycles. The van der Waals surface area contributed by atoms with Crippen LogP contribution in [-0.2, 0) is 10.1 Å². The molecule has 0 amide bonds. The monoisotopic (exact) mass is 351 g/mol. The van der Waals surface area contributed by atoms with Gasteiger partial charge < -0.3 is 5.11 Å². The molecule has 117 valence electrons. The number of nitrogens with zero attached hydrogens (tertiary/aromatic N) is 2. The van der Waals surface area contributed by atoms with Gasteiger partial charge in [0.2, 0.25) is 0 Å². The van der Waals surface area contributed by atoms with Crippen molar-refractivity contribution in [1.29, 1.82) is 0 Å². The van der Waals surface area contributed by atoms with E-state index in [4.69, 9.17) is 4.55 Å². The Morgan fingerprint density at radius 3 is 2.38 bits per heavy atom. The van der Waals surface area contributed by atoms with Gasteiger partial charge in [-0.05, 0) is 29.7 Å². The second kappa shape index (κ2) is 7.42. The SMILES string of the molecule is O=S(=O)(O)c1cccc(N=Nc2ccc3ccccc3c2O)c1.[Na]. The maximum absolute atomic E-state index is 11.1. The van der Waals surface area contributed by atoms with Crippen LogP contribution in [0.4, 0.5) is 11.4 Å². The van der Waals surface area contributed by atoms with E-state index in [1.54, 1.807) is 24.3 Å². The maximum Gasteiger partial charge on any atom is 0.294 e. The Balaban J connectivity index is 0.00000208. The molecule has 0 bridgehead atoms. The van der Waals surface area contributed by atoms with Crippen LogP contribution in [0.1, 0.15) is 0 Å². The molecule has 24 heavy (non-hydrogen) atoms. The van der Waals surface area contributed by atoms with Crippen molar-refractivity contribution in [2.24, 2.45) is 10.2 Å². The van der Waals surface area contributed by atoms with Crippen molar-refractivity contribution >= 4 is 61.8 Å². The van der Waals surface area contributed by atoms with E-state index in [0.29, 0.717) is 5.39 Å². The summed E-state index contributed by atoms with van der Waals surface area (Å²) in [6.45, 7) is 0. The average molecular weight is 351 g/mol. The van der Waals surface area contributed by atoms with Crippen LogP contribution in [0, 0.1) is 0 Å². The Morgan fingerprint density at radius 2 is 1.62 bits per heavy atom. The number of hydrogen-bond acceptors (Lipinski definition) is 5. The number of phenols is 1. The summed E-state index contributed by atoms with van der Waals surface area (Å²) < 4.78 is 31.2. The summed E-state index contributed by atoms with van der Waals surface area (Å²) >= 11 is 0. The van der Waals surface area contributed by atoms with Crippen molar-refractivity contribution in [3.05, 3.63) is 60.7 Å². The van der Waals surface area contributed by atoms with E-state index in [1.807, 2.05) is 12.1 Å². The first kappa shape index (κ1) is 18.6. The molecular weight excluding hydrogens is 339 g/mol. The van der Waals surface area contributed by atoms with Gasteiger partial charge in [0.25, 0.3) is 10.1 Å².